The number of carbonyl (C=O) groups excluding carboxylic acids is 3. The second kappa shape index (κ2) is 7.75. The molecule has 2 aromatic carbocycles. The van der Waals surface area contributed by atoms with Gasteiger partial charge in [-0.2, -0.15) is 0 Å². The molecule has 3 amide bonds. The number of hydrogen-bond acceptors (Lipinski definition) is 3. The normalized spacial score (nSPS) is 18.2. The summed E-state index contributed by atoms with van der Waals surface area (Å²) in [5.41, 5.74) is 2.32. The quantitative estimate of drug-likeness (QED) is 0.484. The summed E-state index contributed by atoms with van der Waals surface area (Å²) in [6, 6.07) is 14.9. The van der Waals surface area contributed by atoms with Crippen LogP contribution in [0.5, 0.6) is 0 Å². The molecule has 0 spiro atoms. The molecule has 1 saturated heterocycles. The Morgan fingerprint density at radius 2 is 1.72 bits per heavy atom. The summed E-state index contributed by atoms with van der Waals surface area (Å²) in [7, 11) is 0. The molecule has 0 saturated carbocycles. The molecule has 1 unspecified atom stereocenters. The number of aryl methyl sites for hydroxylation is 2. The minimum absolute atomic E-state index is 0.331. The highest BCUT2D eigenvalue weighted by Gasteiger charge is 2.49. The lowest BCUT2D eigenvalue weighted by Gasteiger charge is -2.22. The fraction of sp³-hybridized carbons (Fsp3) is 0.240. The number of rotatable bonds is 5. The molecule has 1 N–H and O–H groups in total. The van der Waals surface area contributed by atoms with Gasteiger partial charge in [-0.15, -0.1) is 0 Å². The first-order valence-corrected chi connectivity index (χ1v) is 10.3. The molecule has 1 aliphatic rings. The van der Waals surface area contributed by atoms with Gasteiger partial charge in [0.2, 0.25) is 0 Å². The molecule has 4 rings (SSSR count). The summed E-state index contributed by atoms with van der Waals surface area (Å²) in [6.07, 6.45) is 0. The van der Waals surface area contributed by atoms with E-state index in [4.69, 9.17) is 0 Å². The van der Waals surface area contributed by atoms with Gasteiger partial charge < -0.3 is 9.88 Å². The molecule has 164 valence electrons. The van der Waals surface area contributed by atoms with Gasteiger partial charge in [0.15, 0.2) is 5.78 Å². The summed E-state index contributed by atoms with van der Waals surface area (Å²) in [4.78, 5) is 39.7. The molecule has 7 heteroatoms. The van der Waals surface area contributed by atoms with Gasteiger partial charge in [0.25, 0.3) is 5.91 Å². The van der Waals surface area contributed by atoms with Crippen LogP contribution in [0, 0.1) is 26.6 Å². The van der Waals surface area contributed by atoms with E-state index in [-0.39, 0.29) is 18.1 Å². The summed E-state index contributed by atoms with van der Waals surface area (Å²) in [5.74, 6) is -1.17. The zero-order valence-electron chi connectivity index (χ0n) is 18.4. The molecule has 0 bridgehead atoms. The Hall–Kier alpha value is -3.74. The van der Waals surface area contributed by atoms with Gasteiger partial charge >= 0.3 is 6.03 Å². The number of carbonyl (C=O) groups is 3. The Labute approximate surface area is 185 Å². The summed E-state index contributed by atoms with van der Waals surface area (Å²) < 4.78 is 15.9. The number of nitrogens with zero attached hydrogens (tertiary/aromatic N) is 2. The molecule has 1 aliphatic heterocycles. The highest BCUT2D eigenvalue weighted by molar-refractivity contribution is 6.11. The van der Waals surface area contributed by atoms with E-state index in [1.807, 2.05) is 13.0 Å². The number of benzene rings is 2. The Balaban J connectivity index is 1.62. The monoisotopic (exact) mass is 433 g/mol. The number of nitrogens with one attached hydrogen (secondary N) is 1. The lowest BCUT2D eigenvalue weighted by atomic mass is 9.92. The van der Waals surface area contributed by atoms with Crippen LogP contribution in [0.15, 0.2) is 54.6 Å². The number of amides is 3. The van der Waals surface area contributed by atoms with Crippen molar-refractivity contribution in [3.63, 3.8) is 0 Å². The molecule has 1 fully saturated rings. The van der Waals surface area contributed by atoms with E-state index in [1.54, 1.807) is 67.8 Å². The van der Waals surface area contributed by atoms with Crippen LogP contribution in [-0.2, 0) is 10.3 Å². The Morgan fingerprint density at radius 1 is 1.03 bits per heavy atom. The van der Waals surface area contributed by atoms with Crippen molar-refractivity contribution in [2.75, 3.05) is 6.54 Å². The first kappa shape index (κ1) is 21.5. The number of hydrogen-bond donors (Lipinski definition) is 1. The summed E-state index contributed by atoms with van der Waals surface area (Å²) in [5, 5.41) is 2.71. The van der Waals surface area contributed by atoms with Crippen molar-refractivity contribution >= 4 is 17.7 Å². The lowest BCUT2D eigenvalue weighted by molar-refractivity contribution is -0.130. The van der Waals surface area contributed by atoms with Crippen molar-refractivity contribution in [3.05, 3.63) is 88.5 Å². The van der Waals surface area contributed by atoms with E-state index >= 15 is 0 Å². The predicted molar refractivity (Wildman–Crippen MR) is 118 cm³/mol. The molecule has 3 aromatic rings. The molecular formula is C25H24FN3O3. The molecule has 2 heterocycles. The van der Waals surface area contributed by atoms with Gasteiger partial charge in [0.05, 0.1) is 6.54 Å². The highest BCUT2D eigenvalue weighted by atomic mass is 19.1. The van der Waals surface area contributed by atoms with Gasteiger partial charge in [-0.25, -0.2) is 9.18 Å². The van der Waals surface area contributed by atoms with Crippen molar-refractivity contribution in [3.8, 4) is 5.69 Å². The van der Waals surface area contributed by atoms with Crippen LogP contribution in [0.2, 0.25) is 0 Å². The van der Waals surface area contributed by atoms with Crippen molar-refractivity contribution in [2.24, 2.45) is 0 Å². The van der Waals surface area contributed by atoms with E-state index < -0.39 is 17.5 Å². The molecule has 0 radical (unpaired) electrons. The SMILES string of the molecule is Cc1ccc(-n2c(C)cc(C(=O)CN3C(=O)NC(C)(c4ccccc4)C3=O)c2C)cc1F. The van der Waals surface area contributed by atoms with Gasteiger partial charge in [0.1, 0.15) is 11.4 Å². The molecule has 32 heavy (non-hydrogen) atoms. The van der Waals surface area contributed by atoms with E-state index in [9.17, 15) is 18.8 Å². The maximum absolute atomic E-state index is 14.1. The number of halogens is 1. The minimum atomic E-state index is -1.23. The average molecular weight is 433 g/mol. The number of urea groups is 1. The zero-order valence-corrected chi connectivity index (χ0v) is 18.4. The minimum Gasteiger partial charge on any atom is -0.319 e. The van der Waals surface area contributed by atoms with Gasteiger partial charge in [-0.3, -0.25) is 14.5 Å². The van der Waals surface area contributed by atoms with Gasteiger partial charge in [0, 0.05) is 22.6 Å². The third-order valence-electron chi connectivity index (χ3n) is 6.07. The van der Waals surface area contributed by atoms with E-state index in [2.05, 4.69) is 5.32 Å². The number of ketones is 1. The average Bonchev–Trinajstić information content (AvgIpc) is 3.18. The Bertz CT molecular complexity index is 1250. The summed E-state index contributed by atoms with van der Waals surface area (Å²) >= 11 is 0. The lowest BCUT2D eigenvalue weighted by Crippen LogP contribution is -2.41. The standard InChI is InChI=1S/C25H24FN3O3/c1-15-10-11-19(13-21(15)26)29-16(2)12-20(17(29)3)22(30)14-28-23(31)25(4,27-24(28)32)18-8-6-5-7-9-18/h5-13H,14H2,1-4H3,(H,27,32). The number of Topliss-reactive ketones (excluding diaryl/α,β-unsaturated/α-hetero) is 1. The fourth-order valence-electron chi connectivity index (χ4n) is 4.20. The van der Waals surface area contributed by atoms with Crippen LogP contribution in [0.3, 0.4) is 0 Å². The second-order valence-corrected chi connectivity index (χ2v) is 8.29. The molecular weight excluding hydrogens is 409 g/mol. The molecule has 0 aliphatic carbocycles. The topological polar surface area (TPSA) is 71.4 Å². The van der Waals surface area contributed by atoms with Crippen LogP contribution >= 0.6 is 0 Å². The zero-order chi connectivity index (χ0) is 23.2. The van der Waals surface area contributed by atoms with Crippen LogP contribution in [-0.4, -0.2) is 33.7 Å². The first-order valence-electron chi connectivity index (χ1n) is 10.3. The third kappa shape index (κ3) is 3.39. The van der Waals surface area contributed by atoms with E-state index in [0.717, 1.165) is 10.6 Å². The maximum Gasteiger partial charge on any atom is 0.325 e. The van der Waals surface area contributed by atoms with E-state index in [0.29, 0.717) is 28.1 Å². The van der Waals surface area contributed by atoms with Crippen molar-refractivity contribution in [1.82, 2.24) is 14.8 Å². The van der Waals surface area contributed by atoms with Crippen LogP contribution < -0.4 is 5.32 Å². The van der Waals surface area contributed by atoms with Crippen LogP contribution in [0.25, 0.3) is 5.69 Å². The van der Waals surface area contributed by atoms with Crippen molar-refractivity contribution in [2.45, 2.75) is 33.2 Å². The first-order chi connectivity index (χ1) is 15.1. The smallest absolute Gasteiger partial charge is 0.319 e. The Morgan fingerprint density at radius 3 is 2.38 bits per heavy atom. The third-order valence-corrected chi connectivity index (χ3v) is 6.07. The maximum atomic E-state index is 14.1. The van der Waals surface area contributed by atoms with Crippen molar-refractivity contribution in [1.29, 1.82) is 0 Å². The summed E-state index contributed by atoms with van der Waals surface area (Å²) in [6.45, 7) is 6.52. The van der Waals surface area contributed by atoms with Gasteiger partial charge in [-0.1, -0.05) is 36.4 Å². The fourth-order valence-corrected chi connectivity index (χ4v) is 4.20. The number of aromatic nitrogens is 1. The highest BCUT2D eigenvalue weighted by Crippen LogP contribution is 2.29. The predicted octanol–water partition coefficient (Wildman–Crippen LogP) is 4.19. The van der Waals surface area contributed by atoms with Crippen LogP contribution in [0.1, 0.15) is 39.8 Å². The molecule has 6 nitrogen and oxygen atoms in total. The Kier molecular flexibility index (Phi) is 5.20. The van der Waals surface area contributed by atoms with E-state index in [1.165, 1.54) is 6.07 Å². The largest absolute Gasteiger partial charge is 0.325 e. The second-order valence-electron chi connectivity index (χ2n) is 8.29. The van der Waals surface area contributed by atoms with Gasteiger partial charge in [-0.05, 0) is 57.0 Å². The molecule has 1 aromatic heterocycles. The molecule has 1 atom stereocenters. The van der Waals surface area contributed by atoms with Crippen LogP contribution in [0.4, 0.5) is 9.18 Å². The van der Waals surface area contributed by atoms with Crippen molar-refractivity contribution < 1.29 is 18.8 Å². The number of imide groups is 1.